The quantitative estimate of drug-likeness (QED) is 0.723. The standard InChI is InChI=1S/C18H15BrFN3O/c1-10-2-3-12-17(23-10)14(19)9-22-18(12)21-8-13-11-6-7-24-16(11)5-4-15(13)20/h2-5,9H,6-8H2,1H3,(H,21,22). The van der Waals surface area contributed by atoms with Gasteiger partial charge in [0.2, 0.25) is 0 Å². The number of benzene rings is 1. The molecule has 4 nitrogen and oxygen atoms in total. The Bertz CT molecular complexity index is 945. The van der Waals surface area contributed by atoms with Crippen LogP contribution in [0, 0.1) is 12.7 Å². The number of halogens is 2. The minimum Gasteiger partial charge on any atom is -0.493 e. The van der Waals surface area contributed by atoms with Crippen LogP contribution in [0.1, 0.15) is 16.8 Å². The number of ether oxygens (including phenoxy) is 1. The molecule has 0 spiro atoms. The van der Waals surface area contributed by atoms with Gasteiger partial charge in [0.05, 0.1) is 16.6 Å². The number of anilines is 1. The first-order chi connectivity index (χ1) is 11.6. The highest BCUT2D eigenvalue weighted by Gasteiger charge is 2.19. The zero-order chi connectivity index (χ0) is 16.7. The predicted octanol–water partition coefficient (Wildman–Crippen LogP) is 4.39. The monoisotopic (exact) mass is 387 g/mol. The summed E-state index contributed by atoms with van der Waals surface area (Å²) in [6, 6.07) is 7.07. The van der Waals surface area contributed by atoms with Crippen LogP contribution in [-0.4, -0.2) is 16.6 Å². The van der Waals surface area contributed by atoms with Crippen LogP contribution in [0.5, 0.6) is 5.75 Å². The Morgan fingerprint density at radius 1 is 1.29 bits per heavy atom. The van der Waals surface area contributed by atoms with Crippen molar-refractivity contribution in [1.29, 1.82) is 0 Å². The SMILES string of the molecule is Cc1ccc2c(NCc3c(F)ccc4c3CCO4)ncc(Br)c2n1. The summed E-state index contributed by atoms with van der Waals surface area (Å²) in [4.78, 5) is 8.97. The molecule has 0 fully saturated rings. The van der Waals surface area contributed by atoms with E-state index in [1.807, 2.05) is 19.1 Å². The van der Waals surface area contributed by atoms with E-state index in [1.165, 1.54) is 6.07 Å². The molecule has 0 saturated carbocycles. The van der Waals surface area contributed by atoms with Crippen LogP contribution < -0.4 is 10.1 Å². The maximum absolute atomic E-state index is 14.2. The molecule has 0 aliphatic carbocycles. The Labute approximate surface area is 147 Å². The molecular weight excluding hydrogens is 373 g/mol. The summed E-state index contributed by atoms with van der Waals surface area (Å²) >= 11 is 3.48. The summed E-state index contributed by atoms with van der Waals surface area (Å²) in [7, 11) is 0. The third-order valence-electron chi connectivity index (χ3n) is 4.20. The molecule has 3 heterocycles. The molecule has 0 bridgehead atoms. The molecule has 4 rings (SSSR count). The van der Waals surface area contributed by atoms with Gasteiger partial charge in [0, 0.05) is 41.4 Å². The second kappa shape index (κ2) is 6.02. The van der Waals surface area contributed by atoms with E-state index >= 15 is 0 Å². The average Bonchev–Trinajstić information content (AvgIpc) is 3.04. The lowest BCUT2D eigenvalue weighted by Crippen LogP contribution is -2.07. The molecule has 0 saturated heterocycles. The molecule has 1 aliphatic rings. The Morgan fingerprint density at radius 3 is 3.04 bits per heavy atom. The number of pyridine rings is 2. The van der Waals surface area contributed by atoms with Crippen molar-refractivity contribution in [1.82, 2.24) is 9.97 Å². The smallest absolute Gasteiger partial charge is 0.135 e. The van der Waals surface area contributed by atoms with E-state index in [2.05, 4.69) is 31.2 Å². The van der Waals surface area contributed by atoms with Crippen LogP contribution in [0.3, 0.4) is 0 Å². The minimum absolute atomic E-state index is 0.220. The third kappa shape index (κ3) is 2.60. The zero-order valence-electron chi connectivity index (χ0n) is 13.1. The fourth-order valence-corrected chi connectivity index (χ4v) is 3.41. The van der Waals surface area contributed by atoms with Crippen LogP contribution in [-0.2, 0) is 13.0 Å². The van der Waals surface area contributed by atoms with E-state index in [4.69, 9.17) is 4.74 Å². The molecule has 1 aliphatic heterocycles. The maximum Gasteiger partial charge on any atom is 0.135 e. The summed E-state index contributed by atoms with van der Waals surface area (Å²) < 4.78 is 20.6. The van der Waals surface area contributed by atoms with Crippen molar-refractivity contribution >= 4 is 32.7 Å². The van der Waals surface area contributed by atoms with E-state index in [1.54, 1.807) is 12.3 Å². The van der Waals surface area contributed by atoms with Crippen molar-refractivity contribution in [3.63, 3.8) is 0 Å². The van der Waals surface area contributed by atoms with Crippen LogP contribution in [0.4, 0.5) is 10.2 Å². The molecule has 6 heteroatoms. The number of aryl methyl sites for hydroxylation is 1. The molecule has 0 amide bonds. The van der Waals surface area contributed by atoms with Gasteiger partial charge in [0.15, 0.2) is 0 Å². The van der Waals surface area contributed by atoms with Gasteiger partial charge in [-0.1, -0.05) is 0 Å². The first kappa shape index (κ1) is 15.3. The fourth-order valence-electron chi connectivity index (χ4n) is 3.00. The summed E-state index contributed by atoms with van der Waals surface area (Å²) in [5, 5.41) is 4.16. The van der Waals surface area contributed by atoms with Gasteiger partial charge < -0.3 is 10.1 Å². The van der Waals surface area contributed by atoms with Crippen LogP contribution in [0.25, 0.3) is 10.9 Å². The van der Waals surface area contributed by atoms with Crippen molar-refractivity contribution < 1.29 is 9.13 Å². The average molecular weight is 388 g/mol. The molecule has 3 aromatic rings. The first-order valence-electron chi connectivity index (χ1n) is 7.72. The van der Waals surface area contributed by atoms with Crippen LogP contribution in [0.2, 0.25) is 0 Å². The lowest BCUT2D eigenvalue weighted by atomic mass is 10.0. The van der Waals surface area contributed by atoms with Crippen LogP contribution >= 0.6 is 15.9 Å². The van der Waals surface area contributed by atoms with E-state index < -0.39 is 0 Å². The van der Waals surface area contributed by atoms with E-state index in [-0.39, 0.29) is 5.82 Å². The van der Waals surface area contributed by atoms with Gasteiger partial charge in [-0.2, -0.15) is 0 Å². The zero-order valence-corrected chi connectivity index (χ0v) is 14.7. The van der Waals surface area contributed by atoms with Gasteiger partial charge in [-0.05, 0) is 47.1 Å². The molecular formula is C18H15BrFN3O. The number of nitrogens with zero attached hydrogens (tertiary/aromatic N) is 2. The van der Waals surface area contributed by atoms with Gasteiger partial charge in [0.25, 0.3) is 0 Å². The van der Waals surface area contributed by atoms with Gasteiger partial charge in [0.1, 0.15) is 17.4 Å². The molecule has 2 aromatic heterocycles. The van der Waals surface area contributed by atoms with Gasteiger partial charge in [-0.25, -0.2) is 9.37 Å². The predicted molar refractivity (Wildman–Crippen MR) is 94.9 cm³/mol. The highest BCUT2D eigenvalue weighted by atomic mass is 79.9. The van der Waals surface area contributed by atoms with Crippen molar-refractivity contribution in [3.05, 3.63) is 57.6 Å². The van der Waals surface area contributed by atoms with Crippen molar-refractivity contribution in [2.75, 3.05) is 11.9 Å². The highest BCUT2D eigenvalue weighted by molar-refractivity contribution is 9.10. The number of aromatic nitrogens is 2. The summed E-state index contributed by atoms with van der Waals surface area (Å²) in [6.07, 6.45) is 2.45. The Hall–Kier alpha value is -2.21. The highest BCUT2D eigenvalue weighted by Crippen LogP contribution is 2.32. The summed E-state index contributed by atoms with van der Waals surface area (Å²) in [5.41, 5.74) is 3.36. The topological polar surface area (TPSA) is 47.0 Å². The minimum atomic E-state index is -0.220. The third-order valence-corrected chi connectivity index (χ3v) is 4.78. The second-order valence-corrected chi connectivity index (χ2v) is 6.61. The lowest BCUT2D eigenvalue weighted by molar-refractivity contribution is 0.356. The van der Waals surface area contributed by atoms with E-state index in [9.17, 15) is 4.39 Å². The number of nitrogens with one attached hydrogen (secondary N) is 1. The van der Waals surface area contributed by atoms with Crippen molar-refractivity contribution in [2.24, 2.45) is 0 Å². The second-order valence-electron chi connectivity index (χ2n) is 5.76. The fraction of sp³-hybridized carbons (Fsp3) is 0.222. The molecule has 1 aromatic carbocycles. The summed E-state index contributed by atoms with van der Waals surface area (Å²) in [5.74, 6) is 1.25. The number of hydrogen-bond acceptors (Lipinski definition) is 4. The van der Waals surface area contributed by atoms with E-state index in [0.717, 1.165) is 38.8 Å². The van der Waals surface area contributed by atoms with Gasteiger partial charge >= 0.3 is 0 Å². The van der Waals surface area contributed by atoms with Gasteiger partial charge in [-0.15, -0.1) is 0 Å². The summed E-state index contributed by atoms with van der Waals surface area (Å²) in [6.45, 7) is 2.91. The molecule has 0 atom stereocenters. The Balaban J connectivity index is 1.70. The molecule has 1 N–H and O–H groups in total. The van der Waals surface area contributed by atoms with Crippen molar-refractivity contribution in [2.45, 2.75) is 19.9 Å². The molecule has 0 radical (unpaired) electrons. The van der Waals surface area contributed by atoms with Crippen molar-refractivity contribution in [3.8, 4) is 5.75 Å². The molecule has 24 heavy (non-hydrogen) atoms. The normalized spacial score (nSPS) is 13.0. The number of hydrogen-bond donors (Lipinski definition) is 1. The molecule has 0 unspecified atom stereocenters. The van der Waals surface area contributed by atoms with Crippen LogP contribution in [0.15, 0.2) is 34.9 Å². The Kier molecular flexibility index (Phi) is 3.84. The Morgan fingerprint density at radius 2 is 2.17 bits per heavy atom. The number of rotatable bonds is 3. The largest absolute Gasteiger partial charge is 0.493 e. The lowest BCUT2D eigenvalue weighted by Gasteiger charge is -2.12. The maximum atomic E-state index is 14.2. The van der Waals surface area contributed by atoms with Gasteiger partial charge in [-0.3, -0.25) is 4.98 Å². The first-order valence-corrected chi connectivity index (χ1v) is 8.51. The van der Waals surface area contributed by atoms with E-state index in [0.29, 0.717) is 24.5 Å². The molecule has 122 valence electrons. The number of fused-ring (bicyclic) bond motifs is 2.